The number of nitrogens with zero attached hydrogens (tertiary/aromatic N) is 1. The van der Waals surface area contributed by atoms with Crippen LogP contribution in [0.1, 0.15) is 35.8 Å². The number of hydrogen-bond donors (Lipinski definition) is 2. The number of aryl methyl sites for hydroxylation is 2. The standard InChI is InChI=1S/C13H23N3OS/c1-8(2)7-11(14)13(17)15-6-5-12-16-9(3)10(4)18-12/h8,11H,5-7,14H2,1-4H3,(H,15,17)/t11-/m1/s1. The fourth-order valence-electron chi connectivity index (χ4n) is 1.68. The molecule has 0 saturated heterocycles. The van der Waals surface area contributed by atoms with Gasteiger partial charge in [-0.05, 0) is 26.2 Å². The zero-order valence-corrected chi connectivity index (χ0v) is 12.4. The van der Waals surface area contributed by atoms with Crippen molar-refractivity contribution in [1.82, 2.24) is 10.3 Å². The van der Waals surface area contributed by atoms with Crippen LogP contribution in [0.3, 0.4) is 0 Å². The molecule has 0 saturated carbocycles. The minimum absolute atomic E-state index is 0.0614. The molecule has 102 valence electrons. The van der Waals surface area contributed by atoms with Gasteiger partial charge in [-0.25, -0.2) is 4.98 Å². The summed E-state index contributed by atoms with van der Waals surface area (Å²) in [6.45, 7) is 8.81. The van der Waals surface area contributed by atoms with Gasteiger partial charge in [0.05, 0.1) is 16.7 Å². The molecular formula is C13H23N3OS. The van der Waals surface area contributed by atoms with Crippen LogP contribution in [0.2, 0.25) is 0 Å². The second-order valence-electron chi connectivity index (χ2n) is 5.03. The van der Waals surface area contributed by atoms with Crippen molar-refractivity contribution in [2.75, 3.05) is 6.54 Å². The first-order chi connectivity index (χ1) is 8.40. The largest absolute Gasteiger partial charge is 0.354 e. The average molecular weight is 269 g/mol. The van der Waals surface area contributed by atoms with Gasteiger partial charge in [0.2, 0.25) is 5.91 Å². The van der Waals surface area contributed by atoms with Crippen LogP contribution in [0.15, 0.2) is 0 Å². The van der Waals surface area contributed by atoms with Gasteiger partial charge in [0.1, 0.15) is 0 Å². The topological polar surface area (TPSA) is 68.0 Å². The molecule has 18 heavy (non-hydrogen) atoms. The van der Waals surface area contributed by atoms with E-state index < -0.39 is 6.04 Å². The molecule has 0 aliphatic rings. The maximum absolute atomic E-state index is 11.7. The van der Waals surface area contributed by atoms with Gasteiger partial charge in [0.15, 0.2) is 0 Å². The second kappa shape index (κ2) is 6.85. The number of amides is 1. The zero-order chi connectivity index (χ0) is 13.7. The van der Waals surface area contributed by atoms with Gasteiger partial charge >= 0.3 is 0 Å². The molecule has 0 aliphatic carbocycles. The SMILES string of the molecule is Cc1nc(CCNC(=O)[C@H](N)CC(C)C)sc1C. The highest BCUT2D eigenvalue weighted by Crippen LogP contribution is 2.16. The first-order valence-electron chi connectivity index (χ1n) is 6.36. The Morgan fingerprint density at radius 1 is 1.44 bits per heavy atom. The predicted octanol–water partition coefficient (Wildman–Crippen LogP) is 1.79. The lowest BCUT2D eigenvalue weighted by Crippen LogP contribution is -2.42. The lowest BCUT2D eigenvalue weighted by atomic mass is 10.0. The van der Waals surface area contributed by atoms with Crippen molar-refractivity contribution in [3.63, 3.8) is 0 Å². The molecule has 1 heterocycles. The number of thiazole rings is 1. The smallest absolute Gasteiger partial charge is 0.236 e. The fraction of sp³-hybridized carbons (Fsp3) is 0.692. The van der Waals surface area contributed by atoms with E-state index in [1.54, 1.807) is 11.3 Å². The number of carbonyl (C=O) groups excluding carboxylic acids is 1. The van der Waals surface area contributed by atoms with Crippen molar-refractivity contribution in [3.8, 4) is 0 Å². The summed E-state index contributed by atoms with van der Waals surface area (Å²) in [5.41, 5.74) is 6.88. The molecule has 1 amide bonds. The van der Waals surface area contributed by atoms with Crippen molar-refractivity contribution in [2.24, 2.45) is 11.7 Å². The second-order valence-corrected chi connectivity index (χ2v) is 6.31. The Morgan fingerprint density at radius 2 is 2.11 bits per heavy atom. The molecule has 1 atom stereocenters. The third kappa shape index (κ3) is 4.74. The van der Waals surface area contributed by atoms with Crippen LogP contribution in [-0.4, -0.2) is 23.5 Å². The van der Waals surface area contributed by atoms with Crippen LogP contribution in [0, 0.1) is 19.8 Å². The molecule has 0 radical (unpaired) electrons. The monoisotopic (exact) mass is 269 g/mol. The van der Waals surface area contributed by atoms with Crippen molar-refractivity contribution in [2.45, 2.75) is 46.6 Å². The zero-order valence-electron chi connectivity index (χ0n) is 11.6. The summed E-state index contributed by atoms with van der Waals surface area (Å²) in [7, 11) is 0. The Bertz CT molecular complexity index is 381. The number of hydrogen-bond acceptors (Lipinski definition) is 4. The van der Waals surface area contributed by atoms with Crippen molar-refractivity contribution >= 4 is 17.2 Å². The molecule has 0 fully saturated rings. The van der Waals surface area contributed by atoms with Gasteiger partial charge in [0.25, 0.3) is 0 Å². The molecule has 3 N–H and O–H groups in total. The molecule has 5 heteroatoms. The molecule has 0 aliphatic heterocycles. The average Bonchev–Trinajstić information content (AvgIpc) is 2.57. The molecular weight excluding hydrogens is 246 g/mol. The minimum Gasteiger partial charge on any atom is -0.354 e. The van der Waals surface area contributed by atoms with Gasteiger partial charge in [0, 0.05) is 17.8 Å². The Labute approximate surface area is 113 Å². The Kier molecular flexibility index (Phi) is 5.75. The lowest BCUT2D eigenvalue weighted by molar-refractivity contribution is -0.122. The highest BCUT2D eigenvalue weighted by Gasteiger charge is 2.14. The molecule has 0 aromatic carbocycles. The van der Waals surface area contributed by atoms with Crippen LogP contribution >= 0.6 is 11.3 Å². The lowest BCUT2D eigenvalue weighted by Gasteiger charge is -2.13. The molecule has 1 rings (SSSR count). The molecule has 0 unspecified atom stereocenters. The van der Waals surface area contributed by atoms with Gasteiger partial charge in [-0.3, -0.25) is 4.79 Å². The van der Waals surface area contributed by atoms with Crippen LogP contribution < -0.4 is 11.1 Å². The molecule has 1 aromatic heterocycles. The highest BCUT2D eigenvalue weighted by atomic mass is 32.1. The van der Waals surface area contributed by atoms with E-state index in [1.165, 1.54) is 4.88 Å². The number of nitrogens with one attached hydrogen (secondary N) is 1. The summed E-state index contributed by atoms with van der Waals surface area (Å²) in [5, 5.41) is 3.94. The third-order valence-corrected chi connectivity index (χ3v) is 3.91. The highest BCUT2D eigenvalue weighted by molar-refractivity contribution is 7.11. The third-order valence-electron chi connectivity index (χ3n) is 2.77. The number of aromatic nitrogens is 1. The quantitative estimate of drug-likeness (QED) is 0.827. The first kappa shape index (κ1) is 15.1. The Balaban J connectivity index is 2.31. The summed E-state index contributed by atoms with van der Waals surface area (Å²) in [6, 6.07) is -0.398. The van der Waals surface area contributed by atoms with E-state index in [-0.39, 0.29) is 5.91 Å². The maximum atomic E-state index is 11.7. The van der Waals surface area contributed by atoms with Crippen molar-refractivity contribution in [3.05, 3.63) is 15.6 Å². The van der Waals surface area contributed by atoms with Crippen LogP contribution in [0.25, 0.3) is 0 Å². The van der Waals surface area contributed by atoms with Gasteiger partial charge < -0.3 is 11.1 Å². The normalized spacial score (nSPS) is 12.8. The van der Waals surface area contributed by atoms with E-state index in [0.717, 1.165) is 23.5 Å². The van der Waals surface area contributed by atoms with Gasteiger partial charge in [-0.15, -0.1) is 11.3 Å². The van der Waals surface area contributed by atoms with Crippen molar-refractivity contribution < 1.29 is 4.79 Å². The number of rotatable bonds is 6. The maximum Gasteiger partial charge on any atom is 0.236 e. The van der Waals surface area contributed by atoms with E-state index >= 15 is 0 Å². The van der Waals surface area contributed by atoms with Crippen LogP contribution in [-0.2, 0) is 11.2 Å². The summed E-state index contributed by atoms with van der Waals surface area (Å²) in [6.07, 6.45) is 1.50. The predicted molar refractivity (Wildman–Crippen MR) is 75.7 cm³/mol. The van der Waals surface area contributed by atoms with E-state index in [4.69, 9.17) is 5.73 Å². The number of carbonyl (C=O) groups is 1. The molecule has 4 nitrogen and oxygen atoms in total. The van der Waals surface area contributed by atoms with Gasteiger partial charge in [-0.2, -0.15) is 0 Å². The first-order valence-corrected chi connectivity index (χ1v) is 7.18. The minimum atomic E-state index is -0.398. The Hall–Kier alpha value is -0.940. The van der Waals surface area contributed by atoms with E-state index in [0.29, 0.717) is 12.5 Å². The van der Waals surface area contributed by atoms with E-state index in [1.807, 2.05) is 6.92 Å². The fourth-order valence-corrected chi connectivity index (χ4v) is 2.62. The number of nitrogens with two attached hydrogens (primary N) is 1. The summed E-state index contributed by atoms with van der Waals surface area (Å²) in [4.78, 5) is 17.4. The van der Waals surface area contributed by atoms with E-state index in [9.17, 15) is 4.79 Å². The molecule has 0 spiro atoms. The molecule has 1 aromatic rings. The summed E-state index contributed by atoms with van der Waals surface area (Å²) in [5.74, 6) is 0.378. The Morgan fingerprint density at radius 3 is 2.61 bits per heavy atom. The van der Waals surface area contributed by atoms with Crippen molar-refractivity contribution in [1.29, 1.82) is 0 Å². The summed E-state index contributed by atoms with van der Waals surface area (Å²) >= 11 is 1.69. The van der Waals surface area contributed by atoms with Crippen LogP contribution in [0.4, 0.5) is 0 Å². The summed E-state index contributed by atoms with van der Waals surface area (Å²) < 4.78 is 0. The van der Waals surface area contributed by atoms with Crippen LogP contribution in [0.5, 0.6) is 0 Å². The molecule has 0 bridgehead atoms. The van der Waals surface area contributed by atoms with Gasteiger partial charge in [-0.1, -0.05) is 13.8 Å². The van der Waals surface area contributed by atoms with E-state index in [2.05, 4.69) is 31.1 Å².